The lowest BCUT2D eigenvalue weighted by molar-refractivity contribution is -0.119. The van der Waals surface area contributed by atoms with Gasteiger partial charge in [0.15, 0.2) is 0 Å². The van der Waals surface area contributed by atoms with Crippen molar-refractivity contribution < 1.29 is 4.79 Å². The molecule has 2 N–H and O–H groups in total. The van der Waals surface area contributed by atoms with Crippen LogP contribution in [0.15, 0.2) is 18.2 Å². The molecule has 1 aromatic rings. The van der Waals surface area contributed by atoms with Gasteiger partial charge in [-0.25, -0.2) is 0 Å². The van der Waals surface area contributed by atoms with Crippen LogP contribution in [0.3, 0.4) is 0 Å². The van der Waals surface area contributed by atoms with E-state index in [1.54, 1.807) is 6.07 Å². The van der Waals surface area contributed by atoms with E-state index >= 15 is 0 Å². The van der Waals surface area contributed by atoms with Crippen LogP contribution in [0.4, 0.5) is 5.69 Å². The standard InChI is InChI=1S/C13H17N3O/c1-9(2)16-13(17)8-15-12-5-4-10(3)6-11(12)7-14/h4-6,9,15H,8H2,1-3H3,(H,16,17). The molecule has 1 aromatic carbocycles. The van der Waals surface area contributed by atoms with Gasteiger partial charge in [-0.15, -0.1) is 0 Å². The third kappa shape index (κ3) is 4.15. The minimum Gasteiger partial charge on any atom is -0.375 e. The Bertz CT molecular complexity index is 446. The largest absolute Gasteiger partial charge is 0.375 e. The highest BCUT2D eigenvalue weighted by atomic mass is 16.1. The number of benzene rings is 1. The van der Waals surface area contributed by atoms with E-state index in [-0.39, 0.29) is 18.5 Å². The molecule has 4 nitrogen and oxygen atoms in total. The minimum absolute atomic E-state index is 0.0792. The van der Waals surface area contributed by atoms with Crippen molar-refractivity contribution in [3.63, 3.8) is 0 Å². The normalized spacial score (nSPS) is 9.82. The Hall–Kier alpha value is -2.02. The summed E-state index contributed by atoms with van der Waals surface area (Å²) in [4.78, 5) is 11.4. The summed E-state index contributed by atoms with van der Waals surface area (Å²) < 4.78 is 0. The predicted octanol–water partition coefficient (Wildman–Crippen LogP) is 1.80. The quantitative estimate of drug-likeness (QED) is 0.830. The summed E-state index contributed by atoms with van der Waals surface area (Å²) >= 11 is 0. The maximum Gasteiger partial charge on any atom is 0.239 e. The number of rotatable bonds is 4. The van der Waals surface area contributed by atoms with Gasteiger partial charge in [0.2, 0.25) is 5.91 Å². The molecule has 0 aromatic heterocycles. The Morgan fingerprint density at radius 3 is 2.76 bits per heavy atom. The summed E-state index contributed by atoms with van der Waals surface area (Å²) in [6.07, 6.45) is 0. The van der Waals surface area contributed by atoms with Crippen molar-refractivity contribution in [3.05, 3.63) is 29.3 Å². The van der Waals surface area contributed by atoms with E-state index in [2.05, 4.69) is 16.7 Å². The number of amides is 1. The third-order valence-electron chi connectivity index (χ3n) is 2.18. The first-order chi connectivity index (χ1) is 8.02. The zero-order valence-electron chi connectivity index (χ0n) is 10.4. The molecule has 17 heavy (non-hydrogen) atoms. The number of carbonyl (C=O) groups excluding carboxylic acids is 1. The molecule has 0 aliphatic heterocycles. The second kappa shape index (κ2) is 5.90. The fourth-order valence-electron chi connectivity index (χ4n) is 1.45. The molecule has 0 saturated carbocycles. The van der Waals surface area contributed by atoms with Gasteiger partial charge in [0.25, 0.3) is 0 Å². The number of carbonyl (C=O) groups is 1. The molecular formula is C13H17N3O. The summed E-state index contributed by atoms with van der Waals surface area (Å²) in [6, 6.07) is 7.75. The second-order valence-electron chi connectivity index (χ2n) is 4.24. The molecule has 4 heteroatoms. The predicted molar refractivity (Wildman–Crippen MR) is 67.7 cm³/mol. The SMILES string of the molecule is Cc1ccc(NCC(=O)NC(C)C)c(C#N)c1. The Kier molecular flexibility index (Phi) is 4.53. The van der Waals surface area contributed by atoms with Gasteiger partial charge in [0, 0.05) is 6.04 Å². The van der Waals surface area contributed by atoms with Crippen LogP contribution in [0.2, 0.25) is 0 Å². The lowest BCUT2D eigenvalue weighted by Crippen LogP contribution is -2.34. The van der Waals surface area contributed by atoms with E-state index in [9.17, 15) is 4.79 Å². The van der Waals surface area contributed by atoms with E-state index in [0.717, 1.165) is 5.56 Å². The van der Waals surface area contributed by atoms with Crippen molar-refractivity contribution in [2.45, 2.75) is 26.8 Å². The highest BCUT2D eigenvalue weighted by molar-refractivity contribution is 5.81. The minimum atomic E-state index is -0.0792. The number of hydrogen-bond acceptors (Lipinski definition) is 3. The average Bonchev–Trinajstić information content (AvgIpc) is 2.26. The van der Waals surface area contributed by atoms with Crippen molar-refractivity contribution >= 4 is 11.6 Å². The first-order valence-corrected chi connectivity index (χ1v) is 5.57. The van der Waals surface area contributed by atoms with Gasteiger partial charge in [-0.3, -0.25) is 4.79 Å². The van der Waals surface area contributed by atoms with Crippen LogP contribution >= 0.6 is 0 Å². The van der Waals surface area contributed by atoms with E-state index in [4.69, 9.17) is 5.26 Å². The van der Waals surface area contributed by atoms with Gasteiger partial charge < -0.3 is 10.6 Å². The first-order valence-electron chi connectivity index (χ1n) is 5.57. The Balaban J connectivity index is 2.64. The molecule has 0 spiro atoms. The molecule has 0 saturated heterocycles. The molecule has 1 rings (SSSR count). The Labute approximate surface area is 102 Å². The fraction of sp³-hybridized carbons (Fsp3) is 0.385. The van der Waals surface area contributed by atoms with Gasteiger partial charge >= 0.3 is 0 Å². The average molecular weight is 231 g/mol. The molecule has 0 atom stereocenters. The van der Waals surface area contributed by atoms with Gasteiger partial charge in [0.05, 0.1) is 17.8 Å². The summed E-state index contributed by atoms with van der Waals surface area (Å²) in [6.45, 7) is 5.92. The smallest absolute Gasteiger partial charge is 0.239 e. The number of nitriles is 1. The zero-order chi connectivity index (χ0) is 12.8. The van der Waals surface area contributed by atoms with E-state index in [1.807, 2.05) is 32.9 Å². The van der Waals surface area contributed by atoms with Crippen LogP contribution in [0.1, 0.15) is 25.0 Å². The maximum absolute atomic E-state index is 11.4. The van der Waals surface area contributed by atoms with Crippen molar-refractivity contribution in [1.82, 2.24) is 5.32 Å². The number of nitrogens with one attached hydrogen (secondary N) is 2. The topological polar surface area (TPSA) is 64.9 Å². The van der Waals surface area contributed by atoms with Crippen molar-refractivity contribution in [3.8, 4) is 6.07 Å². The number of anilines is 1. The highest BCUT2D eigenvalue weighted by Crippen LogP contribution is 2.15. The number of aryl methyl sites for hydroxylation is 1. The Morgan fingerprint density at radius 1 is 1.47 bits per heavy atom. The lowest BCUT2D eigenvalue weighted by atomic mass is 10.1. The fourth-order valence-corrected chi connectivity index (χ4v) is 1.45. The van der Waals surface area contributed by atoms with Crippen molar-refractivity contribution in [1.29, 1.82) is 5.26 Å². The van der Waals surface area contributed by atoms with Crippen molar-refractivity contribution in [2.75, 3.05) is 11.9 Å². The van der Waals surface area contributed by atoms with Crippen LogP contribution in [-0.2, 0) is 4.79 Å². The van der Waals surface area contributed by atoms with E-state index < -0.39 is 0 Å². The molecule has 1 amide bonds. The molecule has 0 unspecified atom stereocenters. The molecule has 0 aliphatic carbocycles. The Morgan fingerprint density at radius 2 is 2.18 bits per heavy atom. The highest BCUT2D eigenvalue weighted by Gasteiger charge is 2.05. The number of nitrogens with zero attached hydrogens (tertiary/aromatic N) is 1. The van der Waals surface area contributed by atoms with Gasteiger partial charge in [-0.1, -0.05) is 6.07 Å². The van der Waals surface area contributed by atoms with Crippen LogP contribution in [0.25, 0.3) is 0 Å². The van der Waals surface area contributed by atoms with Crippen LogP contribution < -0.4 is 10.6 Å². The molecule has 90 valence electrons. The second-order valence-corrected chi connectivity index (χ2v) is 4.24. The summed E-state index contributed by atoms with van der Waals surface area (Å²) in [5, 5.41) is 14.7. The third-order valence-corrected chi connectivity index (χ3v) is 2.18. The molecule has 0 fully saturated rings. The van der Waals surface area contributed by atoms with Crippen molar-refractivity contribution in [2.24, 2.45) is 0 Å². The van der Waals surface area contributed by atoms with Crippen LogP contribution in [0, 0.1) is 18.3 Å². The number of hydrogen-bond donors (Lipinski definition) is 2. The summed E-state index contributed by atoms with van der Waals surface area (Å²) in [5.41, 5.74) is 2.28. The summed E-state index contributed by atoms with van der Waals surface area (Å²) in [7, 11) is 0. The van der Waals surface area contributed by atoms with Gasteiger partial charge in [0.1, 0.15) is 6.07 Å². The zero-order valence-corrected chi connectivity index (χ0v) is 10.4. The van der Waals surface area contributed by atoms with Crippen LogP contribution in [-0.4, -0.2) is 18.5 Å². The first kappa shape index (κ1) is 13.0. The molecule has 0 radical (unpaired) electrons. The lowest BCUT2D eigenvalue weighted by Gasteiger charge is -2.11. The van der Waals surface area contributed by atoms with Crippen LogP contribution in [0.5, 0.6) is 0 Å². The molecule has 0 heterocycles. The molecular weight excluding hydrogens is 214 g/mol. The van der Waals surface area contributed by atoms with E-state index in [1.165, 1.54) is 0 Å². The molecule has 0 aliphatic rings. The monoisotopic (exact) mass is 231 g/mol. The summed E-state index contributed by atoms with van der Waals surface area (Å²) in [5.74, 6) is -0.0792. The van der Waals surface area contributed by atoms with Gasteiger partial charge in [-0.2, -0.15) is 5.26 Å². The van der Waals surface area contributed by atoms with Gasteiger partial charge in [-0.05, 0) is 38.5 Å². The maximum atomic E-state index is 11.4. The van der Waals surface area contributed by atoms with E-state index in [0.29, 0.717) is 11.3 Å². The molecule has 0 bridgehead atoms.